The van der Waals surface area contributed by atoms with Crippen molar-refractivity contribution in [2.24, 2.45) is 0 Å². The van der Waals surface area contributed by atoms with Gasteiger partial charge in [-0.2, -0.15) is 13.2 Å². The second-order valence-corrected chi connectivity index (χ2v) is 4.58. The summed E-state index contributed by atoms with van der Waals surface area (Å²) in [5, 5.41) is 5.48. The van der Waals surface area contributed by atoms with Crippen LogP contribution in [-0.4, -0.2) is 25.2 Å². The van der Waals surface area contributed by atoms with Crippen molar-refractivity contribution in [2.75, 3.05) is 18.4 Å². The van der Waals surface area contributed by atoms with Crippen LogP contribution < -0.4 is 10.6 Å². The van der Waals surface area contributed by atoms with Crippen molar-refractivity contribution >= 4 is 11.6 Å². The van der Waals surface area contributed by atoms with E-state index in [0.29, 0.717) is 5.56 Å². The summed E-state index contributed by atoms with van der Waals surface area (Å²) in [5.41, 5.74) is 2.19. The van der Waals surface area contributed by atoms with Crippen LogP contribution in [0.15, 0.2) is 18.2 Å². The van der Waals surface area contributed by atoms with E-state index in [0.717, 1.165) is 24.2 Å². The van der Waals surface area contributed by atoms with Crippen molar-refractivity contribution in [3.05, 3.63) is 29.3 Å². The van der Waals surface area contributed by atoms with Crippen molar-refractivity contribution in [2.45, 2.75) is 32.9 Å². The Hall–Kier alpha value is -1.72. The van der Waals surface area contributed by atoms with Crippen molar-refractivity contribution in [1.82, 2.24) is 5.32 Å². The Morgan fingerprint density at radius 3 is 2.50 bits per heavy atom. The van der Waals surface area contributed by atoms with Crippen LogP contribution in [0.2, 0.25) is 0 Å². The number of hydrogen-bond acceptors (Lipinski definition) is 2. The van der Waals surface area contributed by atoms with Crippen LogP contribution in [0.25, 0.3) is 0 Å². The molecular weight excluding hydrogens is 269 g/mol. The average Bonchev–Trinajstić information content (AvgIpc) is 2.35. The SMILES string of the molecule is CCCNc1ccc(C(=O)NCCC(F)(F)F)cc1C. The van der Waals surface area contributed by atoms with Crippen LogP contribution in [-0.2, 0) is 0 Å². The Balaban J connectivity index is 2.58. The zero-order valence-corrected chi connectivity index (χ0v) is 11.6. The fourth-order valence-electron chi connectivity index (χ4n) is 1.68. The molecule has 0 atom stereocenters. The van der Waals surface area contributed by atoms with Gasteiger partial charge in [0.15, 0.2) is 0 Å². The first-order chi connectivity index (χ1) is 9.33. The van der Waals surface area contributed by atoms with Crippen molar-refractivity contribution in [3.63, 3.8) is 0 Å². The number of benzene rings is 1. The van der Waals surface area contributed by atoms with E-state index in [1.54, 1.807) is 18.2 Å². The largest absolute Gasteiger partial charge is 0.390 e. The smallest absolute Gasteiger partial charge is 0.385 e. The number of anilines is 1. The molecule has 1 aromatic carbocycles. The van der Waals surface area contributed by atoms with Gasteiger partial charge in [-0.1, -0.05) is 6.92 Å². The molecule has 0 aromatic heterocycles. The molecule has 2 N–H and O–H groups in total. The van der Waals surface area contributed by atoms with Gasteiger partial charge in [-0.15, -0.1) is 0 Å². The van der Waals surface area contributed by atoms with Gasteiger partial charge < -0.3 is 10.6 Å². The predicted octanol–water partition coefficient (Wildman–Crippen LogP) is 3.50. The van der Waals surface area contributed by atoms with Crippen LogP contribution in [0, 0.1) is 6.92 Å². The van der Waals surface area contributed by atoms with Crippen LogP contribution in [0.1, 0.15) is 35.7 Å². The minimum Gasteiger partial charge on any atom is -0.385 e. The van der Waals surface area contributed by atoms with Crippen LogP contribution in [0.3, 0.4) is 0 Å². The van der Waals surface area contributed by atoms with Gasteiger partial charge in [0.25, 0.3) is 5.91 Å². The van der Waals surface area contributed by atoms with E-state index < -0.39 is 25.0 Å². The molecule has 112 valence electrons. The first kappa shape index (κ1) is 16.3. The maximum Gasteiger partial charge on any atom is 0.390 e. The molecule has 0 fully saturated rings. The summed E-state index contributed by atoms with van der Waals surface area (Å²) in [5.74, 6) is -0.487. The van der Waals surface area contributed by atoms with Crippen molar-refractivity contribution in [1.29, 1.82) is 0 Å². The molecule has 20 heavy (non-hydrogen) atoms. The lowest BCUT2D eigenvalue weighted by Gasteiger charge is -2.11. The zero-order valence-electron chi connectivity index (χ0n) is 11.6. The maximum atomic E-state index is 12.0. The molecule has 0 aliphatic carbocycles. The number of halogens is 3. The number of aryl methyl sites for hydroxylation is 1. The molecule has 0 radical (unpaired) electrons. The quantitative estimate of drug-likeness (QED) is 0.841. The minimum absolute atomic E-state index is 0.367. The van der Waals surface area contributed by atoms with Gasteiger partial charge in [0.1, 0.15) is 0 Å². The highest BCUT2D eigenvalue weighted by Gasteiger charge is 2.26. The molecule has 0 unspecified atom stereocenters. The molecule has 0 bridgehead atoms. The monoisotopic (exact) mass is 288 g/mol. The zero-order chi connectivity index (χ0) is 15.2. The highest BCUT2D eigenvalue weighted by Crippen LogP contribution is 2.19. The average molecular weight is 288 g/mol. The lowest BCUT2D eigenvalue weighted by Crippen LogP contribution is -2.28. The molecule has 6 heteroatoms. The molecule has 0 aliphatic rings. The van der Waals surface area contributed by atoms with E-state index in [-0.39, 0.29) is 0 Å². The van der Waals surface area contributed by atoms with Crippen LogP contribution in [0.5, 0.6) is 0 Å². The minimum atomic E-state index is -4.25. The van der Waals surface area contributed by atoms with Gasteiger partial charge in [-0.05, 0) is 37.1 Å². The molecule has 1 amide bonds. The molecule has 0 saturated carbocycles. The molecule has 1 aromatic rings. The number of amides is 1. The first-order valence-corrected chi connectivity index (χ1v) is 6.53. The molecule has 1 rings (SSSR count). The van der Waals surface area contributed by atoms with E-state index in [4.69, 9.17) is 0 Å². The predicted molar refractivity (Wildman–Crippen MR) is 73.0 cm³/mol. The molecule has 0 heterocycles. The van der Waals surface area contributed by atoms with Crippen molar-refractivity contribution < 1.29 is 18.0 Å². The fourth-order valence-corrected chi connectivity index (χ4v) is 1.68. The Bertz CT molecular complexity index is 458. The van der Waals surface area contributed by atoms with E-state index in [9.17, 15) is 18.0 Å². The Morgan fingerprint density at radius 2 is 1.95 bits per heavy atom. The Labute approximate surface area is 116 Å². The standard InChI is InChI=1S/C14H19F3N2O/c1-3-7-18-12-5-4-11(9-10(12)2)13(20)19-8-6-14(15,16)17/h4-5,9,18H,3,6-8H2,1-2H3,(H,19,20). The van der Waals surface area contributed by atoms with Gasteiger partial charge in [-0.3, -0.25) is 4.79 Å². The number of carbonyl (C=O) groups is 1. The first-order valence-electron chi connectivity index (χ1n) is 6.53. The third-order valence-corrected chi connectivity index (χ3v) is 2.75. The van der Waals surface area contributed by atoms with E-state index in [1.807, 2.05) is 13.8 Å². The summed E-state index contributed by atoms with van der Waals surface area (Å²) in [6.07, 6.45) is -4.29. The number of carbonyl (C=O) groups excluding carboxylic acids is 1. The van der Waals surface area contributed by atoms with Crippen LogP contribution >= 0.6 is 0 Å². The lowest BCUT2D eigenvalue weighted by molar-refractivity contribution is -0.132. The van der Waals surface area contributed by atoms with Gasteiger partial charge >= 0.3 is 6.18 Å². The highest BCUT2D eigenvalue weighted by atomic mass is 19.4. The highest BCUT2D eigenvalue weighted by molar-refractivity contribution is 5.94. The van der Waals surface area contributed by atoms with E-state index in [2.05, 4.69) is 10.6 Å². The molecule has 0 saturated heterocycles. The number of hydrogen-bond donors (Lipinski definition) is 2. The molecule has 3 nitrogen and oxygen atoms in total. The van der Waals surface area contributed by atoms with E-state index in [1.165, 1.54) is 0 Å². The summed E-state index contributed by atoms with van der Waals surface area (Å²) in [7, 11) is 0. The summed E-state index contributed by atoms with van der Waals surface area (Å²) < 4.78 is 36.0. The summed E-state index contributed by atoms with van der Waals surface area (Å²) in [6.45, 7) is 4.32. The number of nitrogens with one attached hydrogen (secondary N) is 2. The third kappa shape index (κ3) is 5.50. The second kappa shape index (κ2) is 7.17. The third-order valence-electron chi connectivity index (χ3n) is 2.75. The van der Waals surface area contributed by atoms with E-state index >= 15 is 0 Å². The van der Waals surface area contributed by atoms with Crippen LogP contribution in [0.4, 0.5) is 18.9 Å². The summed E-state index contributed by atoms with van der Waals surface area (Å²) in [6, 6.07) is 5.04. The normalized spacial score (nSPS) is 11.2. The number of rotatable bonds is 6. The van der Waals surface area contributed by atoms with Crippen molar-refractivity contribution in [3.8, 4) is 0 Å². The van der Waals surface area contributed by atoms with Gasteiger partial charge in [0.2, 0.25) is 0 Å². The second-order valence-electron chi connectivity index (χ2n) is 4.58. The Kier molecular flexibility index (Phi) is 5.85. The maximum absolute atomic E-state index is 12.0. The van der Waals surface area contributed by atoms with Gasteiger partial charge in [0, 0.05) is 24.3 Å². The topological polar surface area (TPSA) is 41.1 Å². The van der Waals surface area contributed by atoms with Gasteiger partial charge in [-0.25, -0.2) is 0 Å². The molecule has 0 spiro atoms. The molecule has 0 aliphatic heterocycles. The summed E-state index contributed by atoms with van der Waals surface area (Å²) >= 11 is 0. The number of alkyl halides is 3. The Morgan fingerprint density at radius 1 is 1.25 bits per heavy atom. The molecular formula is C14H19F3N2O. The summed E-state index contributed by atoms with van der Waals surface area (Å²) in [4.78, 5) is 11.7. The van der Waals surface area contributed by atoms with Gasteiger partial charge in [0.05, 0.1) is 6.42 Å². The fraction of sp³-hybridized carbons (Fsp3) is 0.500. The lowest BCUT2D eigenvalue weighted by atomic mass is 10.1.